The topological polar surface area (TPSA) is 30.5 Å². The molecule has 0 radical (unpaired) electrons. The molecule has 0 heterocycles. The van der Waals surface area contributed by atoms with Gasteiger partial charge in [0.05, 0.1) is 0 Å². The minimum absolute atomic E-state index is 0.170. The lowest BCUT2D eigenvalue weighted by atomic mass is 9.78. The van der Waals surface area contributed by atoms with Crippen molar-refractivity contribution in [3.05, 3.63) is 230 Å². The number of anilines is 10. The molecule has 8 aromatic carbocycles. The van der Waals surface area contributed by atoms with E-state index in [9.17, 15) is 0 Å². The molecule has 0 saturated heterocycles. The van der Waals surface area contributed by atoms with E-state index in [2.05, 4.69) is 228 Å². The van der Waals surface area contributed by atoms with E-state index < -0.39 is 0 Å². The van der Waals surface area contributed by atoms with Crippen molar-refractivity contribution in [2.24, 2.45) is 0 Å². The number of nitrogens with one attached hydrogen (secondary N) is 2. The summed E-state index contributed by atoms with van der Waals surface area (Å²) in [4.78, 5) is 4.54. The Morgan fingerprint density at radius 3 is 0.745 bits per heavy atom. The maximum Gasteiger partial charge on any atom is 0.0463 e. The molecule has 0 aliphatic rings. The van der Waals surface area contributed by atoms with Crippen molar-refractivity contribution in [1.82, 2.24) is 0 Å². The van der Waals surface area contributed by atoms with Crippen LogP contribution in [0.5, 0.6) is 0 Å². The quantitative estimate of drug-likeness (QED) is 0.132. The lowest BCUT2D eigenvalue weighted by molar-refractivity contribution is 0.641. The van der Waals surface area contributed by atoms with E-state index in [0.717, 1.165) is 56.9 Å². The number of benzene rings is 8. The van der Waals surface area contributed by atoms with Crippen LogP contribution in [0.25, 0.3) is 0 Å². The van der Waals surface area contributed by atoms with E-state index in [1.54, 1.807) is 0 Å². The monoisotopic (exact) mass is 712 g/mol. The average Bonchev–Trinajstić information content (AvgIpc) is 3.24. The van der Waals surface area contributed by atoms with Crippen LogP contribution in [0.2, 0.25) is 0 Å². The van der Waals surface area contributed by atoms with Gasteiger partial charge in [-0.05, 0) is 132 Å². The van der Waals surface area contributed by atoms with E-state index in [-0.39, 0.29) is 5.41 Å². The summed E-state index contributed by atoms with van der Waals surface area (Å²) in [6, 6.07) is 76.7. The highest BCUT2D eigenvalue weighted by molar-refractivity contribution is 5.79. The van der Waals surface area contributed by atoms with Crippen LogP contribution in [-0.4, -0.2) is 0 Å². The van der Waals surface area contributed by atoms with Crippen LogP contribution in [-0.2, 0) is 5.41 Å². The Balaban J connectivity index is 0.920. The summed E-state index contributed by atoms with van der Waals surface area (Å²) in [7, 11) is 0. The van der Waals surface area contributed by atoms with Crippen molar-refractivity contribution in [2.75, 3.05) is 20.4 Å². The first-order valence-corrected chi connectivity index (χ1v) is 18.8. The zero-order chi connectivity index (χ0) is 37.5. The lowest BCUT2D eigenvalue weighted by Crippen LogP contribution is -2.18. The second-order valence-corrected chi connectivity index (χ2v) is 14.1. The summed E-state index contributed by atoms with van der Waals surface area (Å²) >= 11 is 0. The normalized spacial score (nSPS) is 11.1. The molecule has 0 bridgehead atoms. The summed E-state index contributed by atoms with van der Waals surface area (Å²) in [5.41, 5.74) is 13.2. The molecule has 0 aliphatic carbocycles. The largest absolute Gasteiger partial charge is 0.356 e. The SMILES string of the molecule is CC(C)(c1ccc(Nc2ccc(N(c3ccccc3)c3ccccc3)cc2)cc1)c1ccc(Nc2ccc(N(c3ccccc3)c3ccccc3)cc2)cc1. The van der Waals surface area contributed by atoms with Crippen LogP contribution < -0.4 is 20.4 Å². The van der Waals surface area contributed by atoms with Crippen molar-refractivity contribution in [1.29, 1.82) is 0 Å². The third-order valence-electron chi connectivity index (χ3n) is 10.1. The van der Waals surface area contributed by atoms with Gasteiger partial charge in [-0.3, -0.25) is 0 Å². The predicted molar refractivity (Wildman–Crippen MR) is 234 cm³/mol. The molecular weight excluding hydrogens is 669 g/mol. The lowest BCUT2D eigenvalue weighted by Gasteiger charge is -2.27. The first-order valence-electron chi connectivity index (χ1n) is 18.8. The molecular formula is C51H44N4. The fourth-order valence-corrected chi connectivity index (χ4v) is 7.03. The van der Waals surface area contributed by atoms with Gasteiger partial charge in [0.15, 0.2) is 0 Å². The fourth-order valence-electron chi connectivity index (χ4n) is 7.03. The molecule has 8 rings (SSSR count). The van der Waals surface area contributed by atoms with Gasteiger partial charge in [-0.15, -0.1) is 0 Å². The van der Waals surface area contributed by atoms with Crippen molar-refractivity contribution in [3.8, 4) is 0 Å². The first-order chi connectivity index (χ1) is 27.0. The highest BCUT2D eigenvalue weighted by Gasteiger charge is 2.23. The molecule has 0 aliphatic heterocycles. The van der Waals surface area contributed by atoms with Crippen LogP contribution in [0.3, 0.4) is 0 Å². The highest BCUT2D eigenvalue weighted by atomic mass is 15.1. The van der Waals surface area contributed by atoms with Crippen molar-refractivity contribution < 1.29 is 0 Å². The fraction of sp³-hybridized carbons (Fsp3) is 0.0588. The molecule has 268 valence electrons. The Morgan fingerprint density at radius 1 is 0.273 bits per heavy atom. The number of hydrogen-bond donors (Lipinski definition) is 2. The molecule has 0 saturated carbocycles. The second-order valence-electron chi connectivity index (χ2n) is 14.1. The van der Waals surface area contributed by atoms with E-state index in [0.29, 0.717) is 0 Å². The molecule has 0 spiro atoms. The zero-order valence-electron chi connectivity index (χ0n) is 31.2. The van der Waals surface area contributed by atoms with Gasteiger partial charge in [-0.1, -0.05) is 111 Å². The van der Waals surface area contributed by atoms with Gasteiger partial charge in [0, 0.05) is 62.3 Å². The summed E-state index contributed by atoms with van der Waals surface area (Å²) in [6.07, 6.45) is 0. The van der Waals surface area contributed by atoms with Crippen LogP contribution in [0.15, 0.2) is 218 Å². The van der Waals surface area contributed by atoms with Crippen molar-refractivity contribution in [2.45, 2.75) is 19.3 Å². The second kappa shape index (κ2) is 15.9. The summed E-state index contributed by atoms with van der Waals surface area (Å²) in [5, 5.41) is 7.19. The highest BCUT2D eigenvalue weighted by Crippen LogP contribution is 2.38. The zero-order valence-corrected chi connectivity index (χ0v) is 31.2. The van der Waals surface area contributed by atoms with Gasteiger partial charge in [0.25, 0.3) is 0 Å². The molecule has 4 nitrogen and oxygen atoms in total. The number of rotatable bonds is 12. The Morgan fingerprint density at radius 2 is 0.491 bits per heavy atom. The molecule has 4 heteroatoms. The molecule has 0 fully saturated rings. The Bertz CT molecular complexity index is 2140. The van der Waals surface area contributed by atoms with E-state index in [4.69, 9.17) is 0 Å². The summed E-state index contributed by atoms with van der Waals surface area (Å²) in [5.74, 6) is 0. The van der Waals surface area contributed by atoms with Gasteiger partial charge >= 0.3 is 0 Å². The minimum atomic E-state index is -0.170. The van der Waals surface area contributed by atoms with Crippen molar-refractivity contribution >= 4 is 56.9 Å². The molecule has 0 atom stereocenters. The average molecular weight is 713 g/mol. The van der Waals surface area contributed by atoms with Crippen LogP contribution in [0.4, 0.5) is 56.9 Å². The van der Waals surface area contributed by atoms with Crippen LogP contribution >= 0.6 is 0 Å². The number of hydrogen-bond acceptors (Lipinski definition) is 4. The summed E-state index contributed by atoms with van der Waals surface area (Å²) < 4.78 is 0. The maximum atomic E-state index is 3.60. The Hall–Kier alpha value is -7.04. The van der Waals surface area contributed by atoms with Gasteiger partial charge in [-0.25, -0.2) is 0 Å². The molecule has 0 aromatic heterocycles. The molecule has 0 unspecified atom stereocenters. The van der Waals surface area contributed by atoms with Gasteiger partial charge in [0.1, 0.15) is 0 Å². The van der Waals surface area contributed by atoms with Gasteiger partial charge in [-0.2, -0.15) is 0 Å². The third kappa shape index (κ3) is 8.00. The Labute approximate surface area is 325 Å². The van der Waals surface area contributed by atoms with Gasteiger partial charge < -0.3 is 20.4 Å². The Kier molecular flexibility index (Phi) is 10.1. The van der Waals surface area contributed by atoms with Gasteiger partial charge in [0.2, 0.25) is 0 Å². The van der Waals surface area contributed by atoms with Crippen LogP contribution in [0.1, 0.15) is 25.0 Å². The minimum Gasteiger partial charge on any atom is -0.356 e. The van der Waals surface area contributed by atoms with Crippen LogP contribution in [0, 0.1) is 0 Å². The first kappa shape index (κ1) is 35.0. The van der Waals surface area contributed by atoms with E-state index in [1.165, 1.54) is 11.1 Å². The van der Waals surface area contributed by atoms with E-state index in [1.807, 2.05) is 24.3 Å². The standard InChI is InChI=1S/C51H44N4/c1-51(2,39-23-27-41(28-24-39)52-43-31-35-49(36-32-43)54(45-15-7-3-8-16-45)46-17-9-4-10-18-46)40-25-29-42(30-26-40)53-44-33-37-50(38-34-44)55(47-19-11-5-12-20-47)48-21-13-6-14-22-48/h3-38,52-53H,1-2H3. The van der Waals surface area contributed by atoms with Crippen molar-refractivity contribution in [3.63, 3.8) is 0 Å². The smallest absolute Gasteiger partial charge is 0.0463 e. The molecule has 0 amide bonds. The van der Waals surface area contributed by atoms with E-state index >= 15 is 0 Å². The summed E-state index contributed by atoms with van der Waals surface area (Å²) in [6.45, 7) is 4.57. The molecule has 8 aromatic rings. The number of para-hydroxylation sites is 4. The molecule has 2 N–H and O–H groups in total. The maximum absolute atomic E-state index is 3.60. The number of nitrogens with zero attached hydrogens (tertiary/aromatic N) is 2. The molecule has 55 heavy (non-hydrogen) atoms. The third-order valence-corrected chi connectivity index (χ3v) is 10.1. The predicted octanol–water partition coefficient (Wildman–Crippen LogP) is 14.4.